The first-order chi connectivity index (χ1) is 14.8. The van der Waals surface area contributed by atoms with E-state index >= 15 is 0 Å². The SMILES string of the molecule is CCc1ccccc1NC(=O)CN(C)C(=O)c1ccccc1S(=O)(=O)N1CCCCC1. The molecule has 1 heterocycles. The molecule has 8 heteroatoms. The summed E-state index contributed by atoms with van der Waals surface area (Å²) in [7, 11) is -2.27. The number of sulfonamides is 1. The standard InChI is InChI=1S/C23H29N3O4S/c1-3-18-11-5-7-13-20(18)24-22(27)17-25(2)23(28)19-12-6-8-14-21(19)31(29,30)26-15-9-4-10-16-26/h5-8,11-14H,3-4,9-10,15-17H2,1-2H3,(H,24,27). The van der Waals surface area contributed by atoms with Crippen LogP contribution in [0.5, 0.6) is 0 Å². The average Bonchev–Trinajstić information content (AvgIpc) is 2.79. The quantitative estimate of drug-likeness (QED) is 0.712. The number of anilines is 1. The summed E-state index contributed by atoms with van der Waals surface area (Å²) in [5.41, 5.74) is 1.80. The fourth-order valence-corrected chi connectivity index (χ4v) is 5.45. The van der Waals surface area contributed by atoms with E-state index in [9.17, 15) is 18.0 Å². The summed E-state index contributed by atoms with van der Waals surface area (Å²) >= 11 is 0. The van der Waals surface area contributed by atoms with Gasteiger partial charge in [-0.2, -0.15) is 4.31 Å². The molecule has 1 saturated heterocycles. The van der Waals surface area contributed by atoms with Gasteiger partial charge in [-0.15, -0.1) is 0 Å². The Bertz CT molecular complexity index is 1050. The predicted molar refractivity (Wildman–Crippen MR) is 120 cm³/mol. The Balaban J connectivity index is 1.76. The molecule has 0 bridgehead atoms. The molecule has 0 unspecified atom stereocenters. The molecular formula is C23H29N3O4S. The Morgan fingerprint density at radius 3 is 2.35 bits per heavy atom. The Labute approximate surface area is 184 Å². The molecule has 0 radical (unpaired) electrons. The van der Waals surface area contributed by atoms with E-state index in [0.29, 0.717) is 18.8 Å². The second kappa shape index (κ2) is 10.1. The van der Waals surface area contributed by atoms with Crippen molar-refractivity contribution in [3.63, 3.8) is 0 Å². The number of likely N-dealkylation sites (N-methyl/N-ethyl adjacent to an activating group) is 1. The number of hydrogen-bond acceptors (Lipinski definition) is 4. The third-order valence-corrected chi connectivity index (χ3v) is 7.41. The molecule has 0 saturated carbocycles. The molecule has 2 amide bonds. The number of nitrogens with zero attached hydrogens (tertiary/aromatic N) is 2. The van der Waals surface area contributed by atoms with Gasteiger partial charge in [-0.3, -0.25) is 9.59 Å². The lowest BCUT2D eigenvalue weighted by Crippen LogP contribution is -2.38. The number of carbonyl (C=O) groups is 2. The Morgan fingerprint density at radius 1 is 1.00 bits per heavy atom. The largest absolute Gasteiger partial charge is 0.332 e. The van der Waals surface area contributed by atoms with Gasteiger partial charge in [0.25, 0.3) is 5.91 Å². The van der Waals surface area contributed by atoms with Crippen LogP contribution in [0.2, 0.25) is 0 Å². The van der Waals surface area contributed by atoms with E-state index in [2.05, 4.69) is 5.32 Å². The summed E-state index contributed by atoms with van der Waals surface area (Å²) in [6.45, 7) is 2.73. The van der Waals surface area contributed by atoms with Crippen molar-refractivity contribution >= 4 is 27.5 Å². The molecular weight excluding hydrogens is 414 g/mol. The van der Waals surface area contributed by atoms with Gasteiger partial charge in [-0.25, -0.2) is 8.42 Å². The molecule has 1 aliphatic rings. The number of rotatable bonds is 7. The van der Waals surface area contributed by atoms with Crippen molar-refractivity contribution in [3.05, 3.63) is 59.7 Å². The van der Waals surface area contributed by atoms with Crippen molar-refractivity contribution in [2.24, 2.45) is 0 Å². The van der Waals surface area contributed by atoms with Gasteiger partial charge >= 0.3 is 0 Å². The molecule has 0 aromatic heterocycles. The normalized spacial score (nSPS) is 14.8. The first-order valence-electron chi connectivity index (χ1n) is 10.6. The van der Waals surface area contributed by atoms with Crippen LogP contribution in [-0.4, -0.2) is 56.1 Å². The van der Waals surface area contributed by atoms with E-state index in [4.69, 9.17) is 0 Å². The summed E-state index contributed by atoms with van der Waals surface area (Å²) < 4.78 is 27.7. The van der Waals surface area contributed by atoms with E-state index in [0.717, 1.165) is 31.2 Å². The van der Waals surface area contributed by atoms with Gasteiger partial charge in [0.15, 0.2) is 0 Å². The van der Waals surface area contributed by atoms with Gasteiger partial charge in [-0.05, 0) is 43.0 Å². The van der Waals surface area contributed by atoms with Crippen LogP contribution < -0.4 is 5.32 Å². The van der Waals surface area contributed by atoms with Crippen molar-refractivity contribution in [2.45, 2.75) is 37.5 Å². The molecule has 3 rings (SSSR count). The van der Waals surface area contributed by atoms with E-state index in [1.807, 2.05) is 31.2 Å². The summed E-state index contributed by atoms with van der Waals surface area (Å²) in [6, 6.07) is 13.7. The van der Waals surface area contributed by atoms with Gasteiger partial charge in [0.2, 0.25) is 15.9 Å². The molecule has 2 aromatic rings. The zero-order valence-corrected chi connectivity index (χ0v) is 18.8. The van der Waals surface area contributed by atoms with Crippen LogP contribution in [0, 0.1) is 0 Å². The molecule has 0 spiro atoms. The monoisotopic (exact) mass is 443 g/mol. The first kappa shape index (κ1) is 23.0. The number of nitrogens with one attached hydrogen (secondary N) is 1. The van der Waals surface area contributed by atoms with E-state index in [1.54, 1.807) is 12.1 Å². The molecule has 1 fully saturated rings. The zero-order valence-electron chi connectivity index (χ0n) is 18.0. The van der Waals surface area contributed by atoms with Gasteiger partial charge < -0.3 is 10.2 Å². The highest BCUT2D eigenvalue weighted by Crippen LogP contribution is 2.24. The van der Waals surface area contributed by atoms with Crippen molar-refractivity contribution in [3.8, 4) is 0 Å². The van der Waals surface area contributed by atoms with Crippen LogP contribution in [0.1, 0.15) is 42.1 Å². The molecule has 7 nitrogen and oxygen atoms in total. The van der Waals surface area contributed by atoms with Crippen molar-refractivity contribution < 1.29 is 18.0 Å². The van der Waals surface area contributed by atoms with Crippen LogP contribution in [0.25, 0.3) is 0 Å². The summed E-state index contributed by atoms with van der Waals surface area (Å²) in [5, 5.41) is 2.84. The fourth-order valence-electron chi connectivity index (χ4n) is 3.75. The third kappa shape index (κ3) is 5.32. The highest BCUT2D eigenvalue weighted by atomic mass is 32.2. The minimum absolute atomic E-state index is 0.00881. The average molecular weight is 444 g/mol. The number of para-hydroxylation sites is 1. The van der Waals surface area contributed by atoms with Crippen molar-refractivity contribution in [1.82, 2.24) is 9.21 Å². The van der Waals surface area contributed by atoms with Crippen LogP contribution in [0.3, 0.4) is 0 Å². The summed E-state index contributed by atoms with van der Waals surface area (Å²) in [6.07, 6.45) is 3.40. The lowest BCUT2D eigenvalue weighted by atomic mass is 10.1. The van der Waals surface area contributed by atoms with Gasteiger partial charge in [0, 0.05) is 25.8 Å². The molecule has 1 aliphatic heterocycles. The van der Waals surface area contributed by atoms with Gasteiger partial charge in [-0.1, -0.05) is 43.7 Å². The minimum Gasteiger partial charge on any atom is -0.332 e. The van der Waals surface area contributed by atoms with Gasteiger partial charge in [0.05, 0.1) is 17.0 Å². The van der Waals surface area contributed by atoms with E-state index in [1.165, 1.54) is 28.4 Å². The number of piperidine rings is 1. The maximum Gasteiger partial charge on any atom is 0.255 e. The molecule has 0 aliphatic carbocycles. The topological polar surface area (TPSA) is 86.8 Å². The first-order valence-corrected chi connectivity index (χ1v) is 12.0. The number of aryl methyl sites for hydroxylation is 1. The molecule has 31 heavy (non-hydrogen) atoms. The maximum absolute atomic E-state index is 13.1. The number of hydrogen-bond donors (Lipinski definition) is 1. The van der Waals surface area contributed by atoms with Crippen LogP contribution in [-0.2, 0) is 21.2 Å². The van der Waals surface area contributed by atoms with Crippen LogP contribution in [0.4, 0.5) is 5.69 Å². The summed E-state index contributed by atoms with van der Waals surface area (Å²) in [4.78, 5) is 26.8. The highest BCUT2D eigenvalue weighted by molar-refractivity contribution is 7.89. The van der Waals surface area contributed by atoms with Gasteiger partial charge in [0.1, 0.15) is 0 Å². The van der Waals surface area contributed by atoms with Crippen LogP contribution in [0.15, 0.2) is 53.4 Å². The molecule has 2 aromatic carbocycles. The second-order valence-corrected chi connectivity index (χ2v) is 9.59. The molecule has 166 valence electrons. The number of carbonyl (C=O) groups excluding carboxylic acids is 2. The third-order valence-electron chi connectivity index (χ3n) is 5.45. The van der Waals surface area contributed by atoms with Crippen molar-refractivity contribution in [1.29, 1.82) is 0 Å². The maximum atomic E-state index is 13.1. The lowest BCUT2D eigenvalue weighted by Gasteiger charge is -2.27. The zero-order chi connectivity index (χ0) is 22.4. The predicted octanol–water partition coefficient (Wildman–Crippen LogP) is 3.13. The minimum atomic E-state index is -3.77. The lowest BCUT2D eigenvalue weighted by molar-refractivity contribution is -0.116. The Morgan fingerprint density at radius 2 is 1.65 bits per heavy atom. The second-order valence-electron chi connectivity index (χ2n) is 7.68. The Hall–Kier alpha value is -2.71. The number of benzene rings is 2. The summed E-state index contributed by atoms with van der Waals surface area (Å²) in [5.74, 6) is -0.844. The van der Waals surface area contributed by atoms with Crippen molar-refractivity contribution in [2.75, 3.05) is 32.0 Å². The highest BCUT2D eigenvalue weighted by Gasteiger charge is 2.30. The number of amides is 2. The molecule has 1 N–H and O–H groups in total. The Kier molecular flexibility index (Phi) is 7.46. The fraction of sp³-hybridized carbons (Fsp3) is 0.391. The molecule has 0 atom stereocenters. The van der Waals surface area contributed by atoms with E-state index < -0.39 is 15.9 Å². The smallest absolute Gasteiger partial charge is 0.255 e. The van der Waals surface area contributed by atoms with E-state index in [-0.39, 0.29) is 22.9 Å². The van der Waals surface area contributed by atoms with Crippen LogP contribution >= 0.6 is 0 Å².